The second-order valence-electron chi connectivity index (χ2n) is 2.15. The van der Waals surface area contributed by atoms with Crippen LogP contribution in [0.1, 0.15) is 12.8 Å². The molecule has 1 atom stereocenters. The zero-order valence-electron chi connectivity index (χ0n) is 6.58. The molecule has 0 heterocycles. The number of hydrogen-bond donors (Lipinski definition) is 3. The van der Waals surface area contributed by atoms with Gasteiger partial charge in [0, 0.05) is 22.7 Å². The van der Waals surface area contributed by atoms with Gasteiger partial charge in [0.1, 0.15) is 0 Å². The van der Waals surface area contributed by atoms with Crippen LogP contribution in [-0.4, -0.2) is 23.0 Å². The lowest BCUT2D eigenvalue weighted by atomic mass is 10.2. The molecule has 74 valence electrons. The number of aliphatic carboxylic acids is 1. The van der Waals surface area contributed by atoms with E-state index in [9.17, 15) is 14.5 Å². The Bertz CT molecular complexity index is 242. The standard InChI is InChI=1S/C5H9N3O4S/c6-4(9)2-1-3(5(10)11)7-13-8-12/h3,13H,1-2H2,(H2,6,9)(H,10,11)/t3-/m0/s1. The summed E-state index contributed by atoms with van der Waals surface area (Å²) in [5.41, 5.74) is 4.81. The Kier molecular flexibility index (Phi) is 5.60. The summed E-state index contributed by atoms with van der Waals surface area (Å²) in [4.78, 5) is 30.4. The van der Waals surface area contributed by atoms with Crippen molar-refractivity contribution >= 4 is 23.6 Å². The predicted octanol–water partition coefficient (Wildman–Crippen LogP) is -0.615. The van der Waals surface area contributed by atoms with Gasteiger partial charge < -0.3 is 10.8 Å². The Morgan fingerprint density at radius 2 is 2.15 bits per heavy atom. The van der Waals surface area contributed by atoms with E-state index in [1.807, 2.05) is 0 Å². The van der Waals surface area contributed by atoms with Gasteiger partial charge in [-0.1, -0.05) is 0 Å². The average molecular weight is 207 g/mol. The van der Waals surface area contributed by atoms with Gasteiger partial charge in [0.15, 0.2) is 6.04 Å². The maximum absolute atomic E-state index is 10.4. The lowest BCUT2D eigenvalue weighted by Crippen LogP contribution is -2.21. The van der Waals surface area contributed by atoms with Crippen LogP contribution in [0.2, 0.25) is 0 Å². The van der Waals surface area contributed by atoms with E-state index in [1.165, 1.54) is 0 Å². The summed E-state index contributed by atoms with van der Waals surface area (Å²) in [6.07, 6.45) is -0.0813. The van der Waals surface area contributed by atoms with E-state index in [0.717, 1.165) is 0 Å². The Labute approximate surface area is 77.5 Å². The van der Waals surface area contributed by atoms with Gasteiger partial charge in [0.25, 0.3) is 0 Å². The number of rotatable bonds is 6. The molecule has 0 aliphatic heterocycles. The highest BCUT2D eigenvalue weighted by Gasteiger charge is 2.16. The molecule has 0 aromatic heterocycles. The van der Waals surface area contributed by atoms with Gasteiger partial charge >= 0.3 is 5.97 Å². The number of nitrogens with zero attached hydrogens (tertiary/aromatic N) is 2. The zero-order chi connectivity index (χ0) is 10.3. The van der Waals surface area contributed by atoms with Crippen molar-refractivity contribution in [2.24, 2.45) is 14.7 Å². The van der Waals surface area contributed by atoms with Gasteiger partial charge in [-0.25, -0.2) is 9.16 Å². The molecule has 8 heteroatoms. The van der Waals surface area contributed by atoms with Gasteiger partial charge in [-0.2, -0.15) is 0 Å². The molecule has 3 N–H and O–H groups in total. The van der Waals surface area contributed by atoms with Crippen molar-refractivity contribution < 1.29 is 14.7 Å². The Balaban J connectivity index is 4.10. The molecule has 0 rings (SSSR count). The third kappa shape index (κ3) is 5.91. The van der Waals surface area contributed by atoms with Crippen LogP contribution in [0.4, 0.5) is 0 Å². The number of thiol groups is 1. The summed E-state index contributed by atoms with van der Waals surface area (Å²) in [5.74, 6) is -1.80. The molecule has 0 spiro atoms. The summed E-state index contributed by atoms with van der Waals surface area (Å²) in [6.45, 7) is 0. The van der Waals surface area contributed by atoms with Crippen LogP contribution >= 0.6 is 0 Å². The van der Waals surface area contributed by atoms with Crippen molar-refractivity contribution in [1.29, 1.82) is 0 Å². The van der Waals surface area contributed by atoms with E-state index in [1.54, 1.807) is 0 Å². The van der Waals surface area contributed by atoms with Gasteiger partial charge in [-0.05, 0) is 6.42 Å². The summed E-state index contributed by atoms with van der Waals surface area (Å²) in [5, 5.41) is 8.52. The second kappa shape index (κ2) is 6.23. The summed E-state index contributed by atoms with van der Waals surface area (Å²) in [6, 6.07) is -1.09. The molecule has 0 bridgehead atoms. The number of carboxylic acids is 1. The van der Waals surface area contributed by atoms with Gasteiger partial charge in [0.2, 0.25) is 5.91 Å². The predicted molar refractivity (Wildman–Crippen MR) is 46.8 cm³/mol. The highest BCUT2D eigenvalue weighted by atomic mass is 32.1. The SMILES string of the molecule is NC(=O)CC[C@H](N=[SH]N=O)C(=O)O. The fourth-order valence-electron chi connectivity index (χ4n) is 0.593. The molecule has 0 saturated carbocycles. The maximum atomic E-state index is 10.4. The van der Waals surface area contributed by atoms with Crippen LogP contribution in [0, 0.1) is 4.91 Å². The van der Waals surface area contributed by atoms with Gasteiger partial charge in [-0.3, -0.25) is 4.79 Å². The van der Waals surface area contributed by atoms with Crippen molar-refractivity contribution in [2.75, 3.05) is 0 Å². The minimum Gasteiger partial charge on any atom is -0.480 e. The van der Waals surface area contributed by atoms with Gasteiger partial charge in [0.05, 0.1) is 0 Å². The van der Waals surface area contributed by atoms with E-state index in [2.05, 4.69) is 8.94 Å². The highest BCUT2D eigenvalue weighted by molar-refractivity contribution is 7.66. The fraction of sp³-hybridized carbons (Fsp3) is 0.600. The number of primary amides is 1. The molecule has 0 aliphatic carbocycles. The molecule has 13 heavy (non-hydrogen) atoms. The molecule has 0 radical (unpaired) electrons. The van der Waals surface area contributed by atoms with Crippen LogP contribution in [0.15, 0.2) is 8.94 Å². The van der Waals surface area contributed by atoms with Crippen LogP contribution < -0.4 is 5.73 Å². The van der Waals surface area contributed by atoms with Crippen molar-refractivity contribution in [1.82, 2.24) is 0 Å². The summed E-state index contributed by atoms with van der Waals surface area (Å²) >= 11 is -0.195. The number of carbonyl (C=O) groups is 2. The minimum atomic E-state index is -1.20. The first-order valence-electron chi connectivity index (χ1n) is 3.31. The highest BCUT2D eigenvalue weighted by Crippen LogP contribution is 2.02. The number of carbonyl (C=O) groups excluding carboxylic acids is 1. The van der Waals surface area contributed by atoms with E-state index in [4.69, 9.17) is 10.8 Å². The quantitative estimate of drug-likeness (QED) is 0.397. The zero-order valence-corrected chi connectivity index (χ0v) is 7.48. The van der Waals surface area contributed by atoms with E-state index in [-0.39, 0.29) is 24.6 Å². The number of carboxylic acid groups (broad SMARTS) is 1. The average Bonchev–Trinajstić information content (AvgIpc) is 2.03. The fourth-order valence-corrected chi connectivity index (χ4v) is 0.974. The molecule has 0 fully saturated rings. The summed E-state index contributed by atoms with van der Waals surface area (Å²) in [7, 11) is 0. The van der Waals surface area contributed by atoms with Crippen molar-refractivity contribution in [2.45, 2.75) is 18.9 Å². The van der Waals surface area contributed by atoms with Crippen LogP contribution in [0.3, 0.4) is 0 Å². The topological polar surface area (TPSA) is 122 Å². The first kappa shape index (κ1) is 11.7. The van der Waals surface area contributed by atoms with Crippen LogP contribution in [0.5, 0.6) is 0 Å². The second-order valence-corrected chi connectivity index (χ2v) is 2.72. The van der Waals surface area contributed by atoms with Crippen LogP contribution in [-0.2, 0) is 21.3 Å². The molecule has 1 amide bonds. The largest absolute Gasteiger partial charge is 0.480 e. The number of hydrogen-bond acceptors (Lipinski definition) is 4. The summed E-state index contributed by atoms with van der Waals surface area (Å²) < 4.78 is 5.76. The molecule has 7 nitrogen and oxygen atoms in total. The monoisotopic (exact) mass is 207 g/mol. The Morgan fingerprint density at radius 1 is 1.54 bits per heavy atom. The first-order valence-corrected chi connectivity index (χ1v) is 4.11. The maximum Gasteiger partial charge on any atom is 0.329 e. The van der Waals surface area contributed by atoms with Gasteiger partial charge in [-0.15, -0.1) is 4.91 Å². The molecule has 0 aliphatic rings. The van der Waals surface area contributed by atoms with E-state index in [0.29, 0.717) is 0 Å². The van der Waals surface area contributed by atoms with Crippen molar-refractivity contribution in [3.63, 3.8) is 0 Å². The van der Waals surface area contributed by atoms with Crippen molar-refractivity contribution in [3.8, 4) is 0 Å². The normalized spacial score (nSPS) is 13.2. The lowest BCUT2D eigenvalue weighted by molar-refractivity contribution is -0.138. The molecular formula is C5H9N3O4S. The Hall–Kier alpha value is -1.31. The third-order valence-corrected chi connectivity index (χ3v) is 1.63. The molecule has 0 saturated heterocycles. The number of nitrogens with two attached hydrogens (primary N) is 1. The smallest absolute Gasteiger partial charge is 0.329 e. The first-order chi connectivity index (χ1) is 6.07. The molecule has 0 aromatic carbocycles. The molecule has 0 unspecified atom stereocenters. The lowest BCUT2D eigenvalue weighted by Gasteiger charge is -2.02. The Morgan fingerprint density at radius 3 is 2.54 bits per heavy atom. The van der Waals surface area contributed by atoms with Crippen molar-refractivity contribution in [3.05, 3.63) is 4.91 Å². The van der Waals surface area contributed by atoms with E-state index < -0.39 is 17.9 Å². The number of nitroso groups, excluding NO2 is 1. The minimum absolute atomic E-state index is 0.00676. The molecular weight excluding hydrogens is 198 g/mol. The third-order valence-electron chi connectivity index (χ3n) is 1.18. The number of amides is 1. The van der Waals surface area contributed by atoms with E-state index >= 15 is 0 Å². The molecule has 0 aromatic rings. The van der Waals surface area contributed by atoms with Crippen LogP contribution in [0.25, 0.3) is 0 Å².